The molecule has 3 heterocycles. The molecule has 186 valence electrons. The molecule has 1 fully saturated rings. The third-order valence-electron chi connectivity index (χ3n) is 5.31. The van der Waals surface area contributed by atoms with E-state index < -0.39 is 28.6 Å². The highest BCUT2D eigenvalue weighted by molar-refractivity contribution is 7.20. The first kappa shape index (κ1) is 24.3. The molecule has 13 heteroatoms. The summed E-state index contributed by atoms with van der Waals surface area (Å²) in [6.07, 6.45) is -3.03. The Bertz CT molecular complexity index is 1430. The van der Waals surface area contributed by atoms with E-state index in [1.54, 1.807) is 18.3 Å². The van der Waals surface area contributed by atoms with E-state index in [1.807, 2.05) is 6.07 Å². The summed E-state index contributed by atoms with van der Waals surface area (Å²) < 4.78 is 67.6. The molecule has 1 aromatic carbocycles. The predicted molar refractivity (Wildman–Crippen MR) is 126 cm³/mol. The number of pyridine rings is 1. The number of hydrogen-bond donors (Lipinski definition) is 2. The first-order valence-corrected chi connectivity index (χ1v) is 12.2. The van der Waals surface area contributed by atoms with E-state index in [-0.39, 0.29) is 22.5 Å². The fourth-order valence-corrected chi connectivity index (χ4v) is 5.20. The summed E-state index contributed by atoms with van der Waals surface area (Å²) in [6.45, 7) is 0. The first-order chi connectivity index (χ1) is 17.0. The standard InChI is InChI=1S/C23H15F5N4O2S2/c24-22(25,23(26,27)28)17-16(19(34)31-14-7-8-14)36-21(32-17)11-3-5-13(6-4-11)30-18(33)15-10-12-2-1-9-29-20(12)35-15/h1-6,9-10,14H,7-8H2,(H,30,33)(H,31,34). The van der Waals surface area contributed by atoms with Gasteiger partial charge < -0.3 is 10.6 Å². The van der Waals surface area contributed by atoms with Gasteiger partial charge in [0.2, 0.25) is 0 Å². The van der Waals surface area contributed by atoms with Crippen LogP contribution in [0.2, 0.25) is 0 Å². The van der Waals surface area contributed by atoms with Crippen LogP contribution < -0.4 is 10.6 Å². The predicted octanol–water partition coefficient (Wildman–Crippen LogP) is 6.22. The topological polar surface area (TPSA) is 84.0 Å². The molecule has 0 atom stereocenters. The number of amides is 2. The highest BCUT2D eigenvalue weighted by Gasteiger charge is 2.62. The smallest absolute Gasteiger partial charge is 0.349 e. The maximum Gasteiger partial charge on any atom is 0.459 e. The molecule has 0 aliphatic heterocycles. The third-order valence-corrected chi connectivity index (χ3v) is 7.47. The van der Waals surface area contributed by atoms with Gasteiger partial charge >= 0.3 is 12.1 Å². The Morgan fingerprint density at radius 3 is 2.33 bits per heavy atom. The molecule has 0 saturated heterocycles. The van der Waals surface area contributed by atoms with Gasteiger partial charge in [0.1, 0.15) is 20.4 Å². The van der Waals surface area contributed by atoms with Gasteiger partial charge in [0.25, 0.3) is 11.8 Å². The molecule has 6 nitrogen and oxygen atoms in total. The van der Waals surface area contributed by atoms with Gasteiger partial charge in [0.05, 0.1) is 4.88 Å². The number of carbonyl (C=O) groups excluding carboxylic acids is 2. The van der Waals surface area contributed by atoms with Crippen molar-refractivity contribution < 1.29 is 31.5 Å². The van der Waals surface area contributed by atoms with Gasteiger partial charge in [0.15, 0.2) is 0 Å². The maximum absolute atomic E-state index is 14.2. The lowest BCUT2D eigenvalue weighted by Crippen LogP contribution is -2.36. The fraction of sp³-hybridized carbons (Fsp3) is 0.217. The lowest BCUT2D eigenvalue weighted by molar-refractivity contribution is -0.290. The number of rotatable bonds is 6. The van der Waals surface area contributed by atoms with E-state index in [4.69, 9.17) is 0 Å². The molecule has 1 aliphatic rings. The second kappa shape index (κ2) is 8.89. The van der Waals surface area contributed by atoms with Gasteiger partial charge in [-0.15, -0.1) is 22.7 Å². The van der Waals surface area contributed by atoms with Crippen LogP contribution in [0, 0.1) is 0 Å². The second-order valence-electron chi connectivity index (χ2n) is 8.06. The number of hydrogen-bond acceptors (Lipinski definition) is 6. The number of nitrogens with zero attached hydrogens (tertiary/aromatic N) is 2. The van der Waals surface area contributed by atoms with Gasteiger partial charge in [-0.25, -0.2) is 9.97 Å². The summed E-state index contributed by atoms with van der Waals surface area (Å²) in [6, 6.07) is 10.8. The van der Waals surface area contributed by atoms with Crippen LogP contribution in [0.4, 0.5) is 27.6 Å². The van der Waals surface area contributed by atoms with Crippen LogP contribution >= 0.6 is 22.7 Å². The molecule has 1 aliphatic carbocycles. The number of aromatic nitrogens is 2. The van der Waals surface area contributed by atoms with Gasteiger partial charge in [-0.2, -0.15) is 22.0 Å². The number of nitrogens with one attached hydrogen (secondary N) is 2. The zero-order valence-corrected chi connectivity index (χ0v) is 19.7. The summed E-state index contributed by atoms with van der Waals surface area (Å²) in [7, 11) is 0. The third kappa shape index (κ3) is 4.67. The van der Waals surface area contributed by atoms with Gasteiger partial charge in [-0.1, -0.05) is 6.07 Å². The van der Waals surface area contributed by atoms with E-state index in [9.17, 15) is 31.5 Å². The number of thiophene rings is 1. The van der Waals surface area contributed by atoms with Crippen molar-refractivity contribution in [3.8, 4) is 10.6 Å². The molecular weight excluding hydrogens is 523 g/mol. The Kier molecular flexibility index (Phi) is 5.99. The van der Waals surface area contributed by atoms with Crippen molar-refractivity contribution in [2.45, 2.75) is 31.0 Å². The summed E-state index contributed by atoms with van der Waals surface area (Å²) in [5, 5.41) is 5.78. The van der Waals surface area contributed by atoms with Crippen LogP contribution in [0.15, 0.2) is 48.7 Å². The van der Waals surface area contributed by atoms with E-state index in [0.717, 1.165) is 5.39 Å². The van der Waals surface area contributed by atoms with Crippen LogP contribution in [0.1, 0.15) is 37.9 Å². The molecule has 2 amide bonds. The number of thiazole rings is 1. The van der Waals surface area contributed by atoms with Crippen molar-refractivity contribution >= 4 is 50.4 Å². The largest absolute Gasteiger partial charge is 0.459 e. The van der Waals surface area contributed by atoms with Crippen molar-refractivity contribution in [2.75, 3.05) is 5.32 Å². The zero-order chi connectivity index (χ0) is 25.7. The van der Waals surface area contributed by atoms with Gasteiger partial charge in [-0.3, -0.25) is 9.59 Å². The fourth-order valence-electron chi connectivity index (χ4n) is 3.30. The summed E-state index contributed by atoms with van der Waals surface area (Å²) in [5.74, 6) is -6.70. The van der Waals surface area contributed by atoms with Crippen molar-refractivity contribution in [3.63, 3.8) is 0 Å². The minimum atomic E-state index is -5.91. The molecule has 0 unspecified atom stereocenters. The zero-order valence-electron chi connectivity index (χ0n) is 18.0. The molecule has 0 radical (unpaired) electrons. The van der Waals surface area contributed by atoms with E-state index in [0.29, 0.717) is 39.6 Å². The van der Waals surface area contributed by atoms with Gasteiger partial charge in [-0.05, 0) is 49.2 Å². The van der Waals surface area contributed by atoms with Crippen molar-refractivity contribution in [3.05, 3.63) is 64.1 Å². The number of fused-ring (bicyclic) bond motifs is 1. The molecule has 3 aromatic heterocycles. The van der Waals surface area contributed by atoms with Crippen LogP contribution in [0.3, 0.4) is 0 Å². The molecule has 2 N–H and O–H groups in total. The molecule has 4 aromatic rings. The van der Waals surface area contributed by atoms with E-state index in [2.05, 4.69) is 20.6 Å². The average molecular weight is 539 g/mol. The summed E-state index contributed by atoms with van der Waals surface area (Å²) in [4.78, 5) is 33.1. The van der Waals surface area contributed by atoms with Crippen molar-refractivity contribution in [1.82, 2.24) is 15.3 Å². The number of halogens is 5. The Balaban J connectivity index is 1.40. The van der Waals surface area contributed by atoms with Crippen LogP contribution in [-0.2, 0) is 5.92 Å². The number of benzene rings is 1. The number of anilines is 1. The molecular formula is C23H15F5N4O2S2. The highest BCUT2D eigenvalue weighted by atomic mass is 32.1. The molecule has 0 spiro atoms. The second-order valence-corrected chi connectivity index (χ2v) is 10.1. The van der Waals surface area contributed by atoms with Crippen molar-refractivity contribution in [2.24, 2.45) is 0 Å². The molecule has 5 rings (SSSR count). The summed E-state index contributed by atoms with van der Waals surface area (Å²) >= 11 is 1.67. The molecule has 0 bridgehead atoms. The van der Waals surface area contributed by atoms with Gasteiger partial charge in [0, 0.05) is 28.9 Å². The van der Waals surface area contributed by atoms with Crippen molar-refractivity contribution in [1.29, 1.82) is 0 Å². The quantitative estimate of drug-likeness (QED) is 0.286. The minimum Gasteiger partial charge on any atom is -0.349 e. The average Bonchev–Trinajstić information content (AvgIpc) is 3.35. The molecule has 36 heavy (non-hydrogen) atoms. The SMILES string of the molecule is O=C(Nc1ccc(-c2nc(C(F)(F)C(F)(F)F)c(C(=O)NC3CC3)s2)cc1)c1cc2cccnc2s1. The lowest BCUT2D eigenvalue weighted by atomic mass is 10.2. The van der Waals surface area contributed by atoms with E-state index in [1.165, 1.54) is 35.6 Å². The Morgan fingerprint density at radius 1 is 0.972 bits per heavy atom. The Hall–Kier alpha value is -3.45. The monoisotopic (exact) mass is 538 g/mol. The number of alkyl halides is 5. The normalized spacial score (nSPS) is 14.1. The summed E-state index contributed by atoms with van der Waals surface area (Å²) in [5.41, 5.74) is -1.03. The Morgan fingerprint density at radius 2 is 1.69 bits per heavy atom. The number of carbonyl (C=O) groups is 2. The lowest BCUT2D eigenvalue weighted by Gasteiger charge is -2.18. The van der Waals surface area contributed by atoms with Crippen LogP contribution in [0.25, 0.3) is 20.8 Å². The maximum atomic E-state index is 14.2. The minimum absolute atomic E-state index is 0.177. The van der Waals surface area contributed by atoms with Crippen LogP contribution in [0.5, 0.6) is 0 Å². The first-order valence-electron chi connectivity index (χ1n) is 10.6. The Labute approximate surface area is 208 Å². The molecule has 1 saturated carbocycles. The highest BCUT2D eigenvalue weighted by Crippen LogP contribution is 2.47. The van der Waals surface area contributed by atoms with E-state index >= 15 is 0 Å². The van der Waals surface area contributed by atoms with Crippen LogP contribution in [-0.4, -0.2) is 34.0 Å².